The highest BCUT2D eigenvalue weighted by atomic mass is 19.4. The molecule has 0 aromatic heterocycles. The number of alkyl halides is 27. The maximum atomic E-state index is 14.2. The van der Waals surface area contributed by atoms with Gasteiger partial charge in [-0.15, -0.1) is 0 Å². The molecule has 109 heavy (non-hydrogen) atoms. The Morgan fingerprint density at radius 1 is 0.431 bits per heavy atom. The molecule has 0 radical (unpaired) electrons. The standard InChI is InChI=1S/C19H21F11O4.C17H19F11O4.C14H20O2.C9H11F3O4.C7H10F2O2/c1-10(2)13(31)33-9-12(34-14(32)11-6-4-3-5-7-11)8-15(20,21)17(23,24)16(22,18(25,26)27)19(28,29)30;1-8(2)10(29)31-7-9(32-11(30)12(3,4)5)6-13(18,19)15(21,22)14(20,16(23,24)25)17(26,27)28;1-9(2)13(15)16-14-6-10-3-11(7-14)5-12(4-10)8-14;1-6(2)8(14)16-4-3-15-7(13)5-9(10,11)12;1-4(2)7(10)11-5(3)6(8)9/h11-12H,1,3-9H2,2H3;9H,1,6-7H2,2-5H3;10-12H,1,3-8H2,2H3;1,3-5H2,2H3;5-6H,1H2,2-3H3. The highest BCUT2D eigenvalue weighted by Gasteiger charge is 2.91. The van der Waals surface area contributed by atoms with E-state index in [4.69, 9.17) is 4.74 Å². The van der Waals surface area contributed by atoms with Gasteiger partial charge in [-0.1, -0.05) is 52.2 Å². The molecule has 0 aliphatic heterocycles. The van der Waals surface area contributed by atoms with Gasteiger partial charge in [0.2, 0.25) is 0 Å². The van der Waals surface area contributed by atoms with Crippen LogP contribution in [-0.2, 0) is 76.3 Å². The summed E-state index contributed by atoms with van der Waals surface area (Å²) in [5.41, 5.74) is -16.8. The van der Waals surface area contributed by atoms with Crippen LogP contribution in [0.3, 0.4) is 0 Å². The van der Waals surface area contributed by atoms with Crippen LogP contribution in [0, 0.1) is 29.1 Å². The molecular weight excluding hydrogens is 1560 g/mol. The Kier molecular flexibility index (Phi) is 36.5. The molecule has 16 nitrogen and oxygen atoms in total. The van der Waals surface area contributed by atoms with Crippen molar-refractivity contribution in [3.8, 4) is 0 Å². The highest BCUT2D eigenvalue weighted by Crippen LogP contribution is 2.62. The van der Waals surface area contributed by atoms with E-state index in [2.05, 4.69) is 66.1 Å². The number of rotatable bonds is 27. The van der Waals surface area contributed by atoms with Gasteiger partial charge in [-0.2, -0.15) is 101 Å². The van der Waals surface area contributed by atoms with E-state index in [0.29, 0.717) is 24.8 Å². The van der Waals surface area contributed by atoms with Gasteiger partial charge in [-0.25, -0.2) is 41.5 Å². The topological polar surface area (TPSA) is 210 Å². The number of hydrogen-bond acceptors (Lipinski definition) is 16. The maximum absolute atomic E-state index is 14.2. The average Bonchev–Trinajstić information content (AvgIpc) is 0.719. The molecule has 0 N–H and O–H groups in total. The van der Waals surface area contributed by atoms with Crippen molar-refractivity contribution in [2.45, 2.75) is 248 Å². The second-order valence-corrected chi connectivity index (χ2v) is 27.1. The molecule has 3 unspecified atom stereocenters. The smallest absolute Gasteiger partial charge is 0.438 e. The van der Waals surface area contributed by atoms with E-state index in [1.807, 2.05) is 0 Å². The largest absolute Gasteiger partial charge is 0.462 e. The number of ether oxygens (including phenoxy) is 8. The van der Waals surface area contributed by atoms with E-state index in [9.17, 15) is 157 Å². The molecule has 5 aliphatic rings. The second kappa shape index (κ2) is 39.2. The number of halogens is 27. The van der Waals surface area contributed by atoms with Crippen molar-refractivity contribution >= 4 is 47.8 Å². The van der Waals surface area contributed by atoms with Crippen molar-refractivity contribution in [2.24, 2.45) is 29.1 Å². The van der Waals surface area contributed by atoms with Gasteiger partial charge in [0.25, 0.3) is 6.43 Å². The van der Waals surface area contributed by atoms with Crippen molar-refractivity contribution in [3.05, 3.63) is 60.8 Å². The van der Waals surface area contributed by atoms with Crippen LogP contribution >= 0.6 is 0 Å². The van der Waals surface area contributed by atoms with Gasteiger partial charge in [-0.05, 0) is 131 Å². The Labute approximate surface area is 606 Å². The van der Waals surface area contributed by atoms with Crippen LogP contribution in [0.1, 0.15) is 152 Å². The molecule has 0 spiro atoms. The second-order valence-electron chi connectivity index (χ2n) is 27.1. The summed E-state index contributed by atoms with van der Waals surface area (Å²) in [6, 6.07) is 0. The minimum Gasteiger partial charge on any atom is -0.462 e. The van der Waals surface area contributed by atoms with Crippen molar-refractivity contribution in [3.63, 3.8) is 0 Å². The molecule has 5 saturated carbocycles. The Morgan fingerprint density at radius 3 is 1.06 bits per heavy atom. The van der Waals surface area contributed by atoms with Gasteiger partial charge >= 0.3 is 114 Å². The van der Waals surface area contributed by atoms with E-state index >= 15 is 0 Å². The minimum absolute atomic E-state index is 0.106. The van der Waals surface area contributed by atoms with Crippen LogP contribution in [-0.4, -0.2) is 170 Å². The number of carbonyl (C=O) groups is 8. The number of hydrogen-bond donors (Lipinski definition) is 0. The van der Waals surface area contributed by atoms with Crippen molar-refractivity contribution in [1.29, 1.82) is 0 Å². The molecule has 0 heterocycles. The van der Waals surface area contributed by atoms with Crippen LogP contribution in [0.2, 0.25) is 0 Å². The molecule has 3 atom stereocenters. The van der Waals surface area contributed by atoms with Crippen LogP contribution < -0.4 is 0 Å². The SMILES string of the molecule is C=C(C)C(=O)OC(C)C(F)F.C=C(C)C(=O)OC12CC3CC(CC(C3)C1)C2.C=C(C)C(=O)OCC(CC(F)(F)C(F)(F)C(F)(C(F)(F)F)C(F)(F)F)OC(=O)C(C)(C)C.C=C(C)C(=O)OCC(CC(F)(F)C(F)(F)C(F)(C(F)(F)F)C(F)(F)F)OC(=O)C1CCCCC1.C=C(C)C(=O)OCCOC(=O)CC(F)(F)F. The molecule has 0 amide bonds. The first kappa shape index (κ1) is 102. The first-order valence-corrected chi connectivity index (χ1v) is 32.1. The van der Waals surface area contributed by atoms with Gasteiger partial charge in [-0.3, -0.25) is 14.4 Å². The van der Waals surface area contributed by atoms with E-state index in [1.54, 1.807) is 6.92 Å². The first-order chi connectivity index (χ1) is 48.7. The fourth-order valence-corrected chi connectivity index (χ4v) is 10.5. The molecule has 0 aromatic carbocycles. The Hall–Kier alpha value is -7.43. The van der Waals surface area contributed by atoms with Crippen LogP contribution in [0.25, 0.3) is 0 Å². The third-order valence-corrected chi connectivity index (χ3v) is 15.8. The summed E-state index contributed by atoms with van der Waals surface area (Å²) in [5.74, 6) is -34.3. The fourth-order valence-electron chi connectivity index (χ4n) is 10.5. The van der Waals surface area contributed by atoms with Gasteiger partial charge < -0.3 is 37.9 Å². The monoisotopic (exact) mass is 1640 g/mol. The summed E-state index contributed by atoms with van der Waals surface area (Å²) in [6.45, 7) is 24.0. The summed E-state index contributed by atoms with van der Waals surface area (Å²) in [5, 5.41) is 0. The Balaban J connectivity index is 0.00000142. The predicted molar refractivity (Wildman–Crippen MR) is 324 cm³/mol. The van der Waals surface area contributed by atoms with Gasteiger partial charge in [0.1, 0.15) is 50.7 Å². The summed E-state index contributed by atoms with van der Waals surface area (Å²) in [4.78, 5) is 90.5. The average molecular weight is 1640 g/mol. The zero-order valence-corrected chi connectivity index (χ0v) is 59.6. The number of esters is 8. The Morgan fingerprint density at radius 2 is 0.752 bits per heavy atom. The van der Waals surface area contributed by atoms with E-state index in [1.165, 1.54) is 33.1 Å². The molecule has 0 saturated heterocycles. The lowest BCUT2D eigenvalue weighted by Crippen LogP contribution is -2.70. The number of carbonyl (C=O) groups excluding carboxylic acids is 8. The minimum atomic E-state index is -7.65. The molecule has 5 fully saturated rings. The molecule has 4 bridgehead atoms. The summed E-state index contributed by atoms with van der Waals surface area (Å²) >= 11 is 0. The lowest BCUT2D eigenvalue weighted by Gasteiger charge is -2.55. The van der Waals surface area contributed by atoms with Gasteiger partial charge in [0.05, 0.1) is 24.2 Å². The molecule has 5 aliphatic carbocycles. The van der Waals surface area contributed by atoms with E-state index in [-0.39, 0.29) is 53.3 Å². The summed E-state index contributed by atoms with van der Waals surface area (Å²) < 4.78 is 387. The van der Waals surface area contributed by atoms with Crippen LogP contribution in [0.4, 0.5) is 119 Å². The zero-order valence-electron chi connectivity index (χ0n) is 59.6. The molecule has 630 valence electrons. The lowest BCUT2D eigenvalue weighted by atomic mass is 9.54. The van der Waals surface area contributed by atoms with Crippen molar-refractivity contribution < 1.29 is 195 Å². The van der Waals surface area contributed by atoms with Gasteiger partial charge in [0, 0.05) is 27.9 Å². The predicted octanol–water partition coefficient (Wildman–Crippen LogP) is 18.1. The summed E-state index contributed by atoms with van der Waals surface area (Å²) in [7, 11) is 0. The Bertz CT molecular complexity index is 3110. The third-order valence-electron chi connectivity index (χ3n) is 15.8. The van der Waals surface area contributed by atoms with Crippen LogP contribution in [0.5, 0.6) is 0 Å². The zero-order chi connectivity index (χ0) is 86.0. The van der Waals surface area contributed by atoms with Crippen molar-refractivity contribution in [1.82, 2.24) is 0 Å². The van der Waals surface area contributed by atoms with Crippen LogP contribution in [0.15, 0.2) is 60.8 Å². The molecule has 43 heteroatoms. The quantitative estimate of drug-likeness (QED) is 0.0246. The maximum Gasteiger partial charge on any atom is 0.438 e. The van der Waals surface area contributed by atoms with Gasteiger partial charge in [0.15, 0.2) is 6.10 Å². The highest BCUT2D eigenvalue weighted by molar-refractivity contribution is 5.89. The lowest BCUT2D eigenvalue weighted by molar-refractivity contribution is -0.428. The normalized spacial score (nSPS) is 19.4. The summed E-state index contributed by atoms with van der Waals surface area (Å²) in [6.07, 6.45) is -41.4. The third kappa shape index (κ3) is 29.3. The fraction of sp³-hybridized carbons (Fsp3) is 0.727. The van der Waals surface area contributed by atoms with E-state index in [0.717, 1.165) is 78.6 Å². The van der Waals surface area contributed by atoms with E-state index < -0.39 is 183 Å². The molecule has 5 rings (SSSR count). The first-order valence-electron chi connectivity index (χ1n) is 32.1. The molecular formula is C66H81F27O16. The van der Waals surface area contributed by atoms with Crippen molar-refractivity contribution in [2.75, 3.05) is 26.4 Å². The molecule has 0 aromatic rings.